The fourth-order valence-electron chi connectivity index (χ4n) is 1.56. The summed E-state index contributed by atoms with van der Waals surface area (Å²) in [7, 11) is 0. The average Bonchev–Trinajstić information content (AvgIpc) is 2.81. The van der Waals surface area contributed by atoms with E-state index in [0.29, 0.717) is 5.65 Å². The van der Waals surface area contributed by atoms with E-state index in [-0.39, 0.29) is 5.28 Å². The number of aromatic nitrogens is 3. The number of hydrogen-bond donors (Lipinski definition) is 0. The molecule has 0 atom stereocenters. The second-order valence-corrected chi connectivity index (χ2v) is 3.57. The van der Waals surface area contributed by atoms with Crippen LogP contribution in [0.15, 0.2) is 41.3 Å². The number of nitrogens with zero attached hydrogens (tertiary/aromatic N) is 3. The van der Waals surface area contributed by atoms with E-state index < -0.39 is 0 Å². The second-order valence-electron chi connectivity index (χ2n) is 3.23. The molecule has 0 fully saturated rings. The Morgan fingerprint density at radius 1 is 1.19 bits per heavy atom. The topological polar surface area (TPSA) is 51.8 Å². The van der Waals surface area contributed by atoms with Gasteiger partial charge < -0.3 is 4.42 Å². The Morgan fingerprint density at radius 3 is 2.94 bits per heavy atom. The Balaban J connectivity index is 2.39. The van der Waals surface area contributed by atoms with Crippen molar-refractivity contribution in [3.05, 3.63) is 42.2 Å². The first-order valence-corrected chi connectivity index (χ1v) is 5.03. The highest BCUT2D eigenvalue weighted by atomic mass is 35.5. The molecule has 0 aromatic carbocycles. The minimum Gasteiger partial charge on any atom is -0.472 e. The smallest absolute Gasteiger partial charge is 0.225 e. The highest BCUT2D eigenvalue weighted by molar-refractivity contribution is 6.28. The van der Waals surface area contributed by atoms with Crippen LogP contribution in [0.5, 0.6) is 0 Å². The zero-order valence-electron chi connectivity index (χ0n) is 8.09. The largest absolute Gasteiger partial charge is 0.472 e. The van der Waals surface area contributed by atoms with E-state index in [2.05, 4.69) is 15.0 Å². The van der Waals surface area contributed by atoms with Gasteiger partial charge in [-0.25, -0.2) is 9.97 Å². The van der Waals surface area contributed by atoms with Crippen LogP contribution in [0.1, 0.15) is 0 Å². The Bertz CT molecular complexity index is 637. The van der Waals surface area contributed by atoms with E-state index in [4.69, 9.17) is 16.0 Å². The molecule has 0 saturated heterocycles. The van der Waals surface area contributed by atoms with Crippen LogP contribution in [0.25, 0.3) is 22.3 Å². The number of rotatable bonds is 1. The van der Waals surface area contributed by atoms with Crippen LogP contribution in [0, 0.1) is 0 Å². The lowest BCUT2D eigenvalue weighted by molar-refractivity contribution is 0.568. The SMILES string of the molecule is Clc1nc(-c2ccoc2)c2cccnc2n1. The summed E-state index contributed by atoms with van der Waals surface area (Å²) in [4.78, 5) is 12.4. The number of pyridine rings is 1. The molecule has 0 radical (unpaired) electrons. The Morgan fingerprint density at radius 2 is 2.12 bits per heavy atom. The third-order valence-electron chi connectivity index (χ3n) is 2.24. The normalized spacial score (nSPS) is 10.8. The van der Waals surface area contributed by atoms with Crippen molar-refractivity contribution in [2.45, 2.75) is 0 Å². The first kappa shape index (κ1) is 9.30. The number of hydrogen-bond acceptors (Lipinski definition) is 4. The maximum atomic E-state index is 5.85. The van der Waals surface area contributed by atoms with E-state index in [9.17, 15) is 0 Å². The van der Waals surface area contributed by atoms with Gasteiger partial charge in [-0.3, -0.25) is 0 Å². The lowest BCUT2D eigenvalue weighted by Crippen LogP contribution is -1.91. The molecule has 16 heavy (non-hydrogen) atoms. The van der Waals surface area contributed by atoms with Crippen LogP contribution in [0.4, 0.5) is 0 Å². The predicted octanol–water partition coefficient (Wildman–Crippen LogP) is 2.94. The van der Waals surface area contributed by atoms with Crippen molar-refractivity contribution in [3.8, 4) is 11.3 Å². The summed E-state index contributed by atoms with van der Waals surface area (Å²) in [5, 5.41) is 1.04. The van der Waals surface area contributed by atoms with Gasteiger partial charge in [-0.05, 0) is 29.8 Å². The molecular formula is C11H6ClN3O. The first-order chi connectivity index (χ1) is 7.84. The van der Waals surface area contributed by atoms with Gasteiger partial charge in [-0.2, -0.15) is 4.98 Å². The van der Waals surface area contributed by atoms with Crippen molar-refractivity contribution in [3.63, 3.8) is 0 Å². The molecule has 0 aliphatic carbocycles. The summed E-state index contributed by atoms with van der Waals surface area (Å²) in [5.74, 6) is 0. The Labute approximate surface area is 95.9 Å². The number of fused-ring (bicyclic) bond motifs is 1. The van der Waals surface area contributed by atoms with Crippen molar-refractivity contribution in [1.82, 2.24) is 15.0 Å². The van der Waals surface area contributed by atoms with Crippen LogP contribution in [0.2, 0.25) is 5.28 Å². The van der Waals surface area contributed by atoms with Crippen LogP contribution >= 0.6 is 11.6 Å². The van der Waals surface area contributed by atoms with Gasteiger partial charge in [0.2, 0.25) is 5.28 Å². The number of halogens is 1. The van der Waals surface area contributed by atoms with Crippen LogP contribution in [-0.2, 0) is 0 Å². The van der Waals surface area contributed by atoms with E-state index in [0.717, 1.165) is 16.6 Å². The molecule has 0 spiro atoms. The number of furan rings is 1. The van der Waals surface area contributed by atoms with Gasteiger partial charge in [0.1, 0.15) is 0 Å². The third-order valence-corrected chi connectivity index (χ3v) is 2.41. The Hall–Kier alpha value is -1.94. The molecule has 0 unspecified atom stereocenters. The van der Waals surface area contributed by atoms with Gasteiger partial charge >= 0.3 is 0 Å². The van der Waals surface area contributed by atoms with Gasteiger partial charge in [0.25, 0.3) is 0 Å². The molecule has 3 rings (SSSR count). The molecule has 0 N–H and O–H groups in total. The summed E-state index contributed by atoms with van der Waals surface area (Å²) in [6.45, 7) is 0. The lowest BCUT2D eigenvalue weighted by Gasteiger charge is -2.02. The first-order valence-electron chi connectivity index (χ1n) is 4.65. The third kappa shape index (κ3) is 1.44. The standard InChI is InChI=1S/C11H6ClN3O/c12-11-14-9(7-3-5-16-6-7)8-2-1-4-13-10(8)15-11/h1-6H. The quantitative estimate of drug-likeness (QED) is 0.604. The maximum Gasteiger partial charge on any atom is 0.225 e. The fraction of sp³-hybridized carbons (Fsp3) is 0. The van der Waals surface area contributed by atoms with Crippen molar-refractivity contribution < 1.29 is 4.42 Å². The molecule has 0 saturated carbocycles. The molecule has 3 aromatic rings. The molecule has 4 nitrogen and oxygen atoms in total. The molecule has 0 bridgehead atoms. The van der Waals surface area contributed by atoms with Crippen LogP contribution < -0.4 is 0 Å². The average molecular weight is 232 g/mol. The summed E-state index contributed by atoms with van der Waals surface area (Å²) >= 11 is 5.85. The molecular weight excluding hydrogens is 226 g/mol. The summed E-state index contributed by atoms with van der Waals surface area (Å²) in [5.41, 5.74) is 2.18. The molecule has 3 aromatic heterocycles. The zero-order valence-corrected chi connectivity index (χ0v) is 8.85. The Kier molecular flexibility index (Phi) is 2.08. The van der Waals surface area contributed by atoms with Crippen LogP contribution in [0.3, 0.4) is 0 Å². The van der Waals surface area contributed by atoms with Crippen molar-refractivity contribution in [2.75, 3.05) is 0 Å². The maximum absolute atomic E-state index is 5.85. The predicted molar refractivity (Wildman–Crippen MR) is 60.0 cm³/mol. The zero-order chi connectivity index (χ0) is 11.0. The monoisotopic (exact) mass is 231 g/mol. The van der Waals surface area contributed by atoms with E-state index in [1.807, 2.05) is 18.2 Å². The van der Waals surface area contributed by atoms with Crippen LogP contribution in [-0.4, -0.2) is 15.0 Å². The van der Waals surface area contributed by atoms with Gasteiger partial charge in [0, 0.05) is 17.1 Å². The molecule has 0 aliphatic rings. The minimum atomic E-state index is 0.183. The van der Waals surface area contributed by atoms with Gasteiger partial charge in [-0.1, -0.05) is 0 Å². The molecule has 78 valence electrons. The van der Waals surface area contributed by atoms with Crippen molar-refractivity contribution in [1.29, 1.82) is 0 Å². The van der Waals surface area contributed by atoms with E-state index in [1.165, 1.54) is 0 Å². The van der Waals surface area contributed by atoms with Crippen molar-refractivity contribution in [2.24, 2.45) is 0 Å². The fourth-order valence-corrected chi connectivity index (χ4v) is 1.72. The van der Waals surface area contributed by atoms with Gasteiger partial charge in [0.05, 0.1) is 18.2 Å². The van der Waals surface area contributed by atoms with Crippen molar-refractivity contribution >= 4 is 22.6 Å². The highest BCUT2D eigenvalue weighted by Gasteiger charge is 2.09. The molecule has 0 aliphatic heterocycles. The summed E-state index contributed by atoms with van der Waals surface area (Å²) in [6.07, 6.45) is 4.88. The second kappa shape index (κ2) is 3.57. The molecule has 0 amide bonds. The molecule has 5 heteroatoms. The summed E-state index contributed by atoms with van der Waals surface area (Å²) in [6, 6.07) is 5.56. The van der Waals surface area contributed by atoms with Gasteiger partial charge in [-0.15, -0.1) is 0 Å². The van der Waals surface area contributed by atoms with E-state index in [1.54, 1.807) is 18.7 Å². The highest BCUT2D eigenvalue weighted by Crippen LogP contribution is 2.26. The van der Waals surface area contributed by atoms with Gasteiger partial charge in [0.15, 0.2) is 5.65 Å². The summed E-state index contributed by atoms with van der Waals surface area (Å²) < 4.78 is 5.03. The minimum absolute atomic E-state index is 0.183. The van der Waals surface area contributed by atoms with E-state index >= 15 is 0 Å². The molecule has 3 heterocycles. The lowest BCUT2D eigenvalue weighted by atomic mass is 10.1.